The van der Waals surface area contributed by atoms with E-state index in [1.165, 1.54) is 0 Å². The highest BCUT2D eigenvalue weighted by Gasteiger charge is 2.44. The lowest BCUT2D eigenvalue weighted by atomic mass is 9.89. The van der Waals surface area contributed by atoms with Gasteiger partial charge in [-0.15, -0.1) is 23.5 Å². The van der Waals surface area contributed by atoms with E-state index in [0.29, 0.717) is 22.3 Å². The Morgan fingerprint density at radius 1 is 0.474 bits per heavy atom. The van der Waals surface area contributed by atoms with Gasteiger partial charge in [0.25, 0.3) is 0 Å². The zero-order chi connectivity index (χ0) is 26.6. The van der Waals surface area contributed by atoms with E-state index in [4.69, 9.17) is 0 Å². The first-order valence-electron chi connectivity index (χ1n) is 12.2. The number of rotatable bonds is 8. The molecule has 2 unspecified atom stereocenters. The summed E-state index contributed by atoms with van der Waals surface area (Å²) in [7, 11) is 0. The SMILES string of the molecule is [CH2]C1(Sc2ccc(C(=O)c3ccccc3)cc2)C=CC=CC1([CH2])Sc1ccc(C(=O)c2ccccc2)cc1. The Labute approximate surface area is 232 Å². The molecule has 4 heteroatoms. The molecule has 1 aliphatic carbocycles. The van der Waals surface area contributed by atoms with Crippen LogP contribution in [-0.2, 0) is 0 Å². The number of thioether (sulfide) groups is 2. The molecule has 5 rings (SSSR count). The van der Waals surface area contributed by atoms with Crippen LogP contribution in [0.5, 0.6) is 0 Å². The van der Waals surface area contributed by atoms with Crippen LogP contribution in [0.1, 0.15) is 31.8 Å². The second-order valence-corrected chi connectivity index (χ2v) is 11.9. The third-order valence-corrected chi connectivity index (χ3v) is 9.34. The van der Waals surface area contributed by atoms with Crippen LogP contribution in [0.2, 0.25) is 0 Å². The van der Waals surface area contributed by atoms with Crippen LogP contribution >= 0.6 is 23.5 Å². The summed E-state index contributed by atoms with van der Waals surface area (Å²) in [5.74, 6) is 0.00599. The molecule has 186 valence electrons. The number of hydrogen-bond donors (Lipinski definition) is 0. The zero-order valence-corrected chi connectivity index (χ0v) is 22.4. The first-order valence-corrected chi connectivity index (χ1v) is 13.9. The van der Waals surface area contributed by atoms with E-state index in [1.807, 2.05) is 121 Å². The number of hydrogen-bond acceptors (Lipinski definition) is 4. The molecule has 0 spiro atoms. The van der Waals surface area contributed by atoms with Gasteiger partial charge < -0.3 is 0 Å². The molecule has 0 saturated carbocycles. The van der Waals surface area contributed by atoms with Crippen molar-refractivity contribution < 1.29 is 9.59 Å². The van der Waals surface area contributed by atoms with Crippen molar-refractivity contribution >= 4 is 35.1 Å². The molecule has 0 amide bonds. The van der Waals surface area contributed by atoms with Crippen molar-refractivity contribution in [2.75, 3.05) is 0 Å². The van der Waals surface area contributed by atoms with Crippen molar-refractivity contribution in [1.29, 1.82) is 0 Å². The van der Waals surface area contributed by atoms with Crippen LogP contribution in [0.4, 0.5) is 0 Å². The Kier molecular flexibility index (Phi) is 7.55. The fourth-order valence-corrected chi connectivity index (χ4v) is 6.64. The van der Waals surface area contributed by atoms with E-state index in [-0.39, 0.29) is 11.6 Å². The van der Waals surface area contributed by atoms with Crippen molar-refractivity contribution in [3.8, 4) is 0 Å². The summed E-state index contributed by atoms with van der Waals surface area (Å²) in [6.45, 7) is 9.17. The highest BCUT2D eigenvalue weighted by molar-refractivity contribution is 8.05. The van der Waals surface area contributed by atoms with E-state index in [2.05, 4.69) is 26.0 Å². The van der Waals surface area contributed by atoms with Gasteiger partial charge in [-0.2, -0.15) is 0 Å². The van der Waals surface area contributed by atoms with Crippen molar-refractivity contribution in [2.24, 2.45) is 0 Å². The normalized spacial score (nSPS) is 20.3. The van der Waals surface area contributed by atoms with Gasteiger partial charge in [-0.3, -0.25) is 9.59 Å². The Balaban J connectivity index is 1.32. The molecule has 2 radical (unpaired) electrons. The van der Waals surface area contributed by atoms with Crippen molar-refractivity contribution in [3.05, 3.63) is 170 Å². The van der Waals surface area contributed by atoms with Gasteiger partial charge in [0.2, 0.25) is 0 Å². The minimum Gasteiger partial charge on any atom is -0.289 e. The van der Waals surface area contributed by atoms with Gasteiger partial charge in [0.15, 0.2) is 11.6 Å². The molecule has 0 bridgehead atoms. The molecule has 0 heterocycles. The fraction of sp³-hybridized carbons (Fsp3) is 0.0588. The lowest BCUT2D eigenvalue weighted by Gasteiger charge is -2.43. The lowest BCUT2D eigenvalue weighted by Crippen LogP contribution is -2.43. The standard InChI is InChI=1S/C34H26O2S2/c1-33(37-29-19-15-27(16-20-29)31(35)25-11-5-3-6-12-25)23-9-10-24-34(33,2)38-30-21-17-28(18-22-30)32(36)26-13-7-4-8-14-26/h3-24H,1-2H2. The van der Waals surface area contributed by atoms with Crippen molar-refractivity contribution in [1.82, 2.24) is 0 Å². The predicted octanol–water partition coefficient (Wildman–Crippen LogP) is 8.30. The zero-order valence-electron chi connectivity index (χ0n) is 20.7. The van der Waals surface area contributed by atoms with Crippen molar-refractivity contribution in [3.63, 3.8) is 0 Å². The molecular weight excluding hydrogens is 505 g/mol. The van der Waals surface area contributed by atoms with Crippen LogP contribution in [0, 0.1) is 13.8 Å². The number of benzene rings is 4. The summed E-state index contributed by atoms with van der Waals surface area (Å²) in [5.41, 5.74) is 2.65. The topological polar surface area (TPSA) is 34.1 Å². The van der Waals surface area contributed by atoms with Crippen LogP contribution in [0.3, 0.4) is 0 Å². The van der Waals surface area contributed by atoms with E-state index >= 15 is 0 Å². The second kappa shape index (κ2) is 11.0. The Morgan fingerprint density at radius 2 is 0.789 bits per heavy atom. The summed E-state index contributed by atoms with van der Waals surface area (Å²) in [5, 5.41) is 0. The molecule has 2 nitrogen and oxygen atoms in total. The molecule has 38 heavy (non-hydrogen) atoms. The summed E-state index contributed by atoms with van der Waals surface area (Å²) in [6.07, 6.45) is 8.15. The summed E-state index contributed by atoms with van der Waals surface area (Å²) >= 11 is 3.23. The minimum absolute atomic E-state index is 0.00300. The van der Waals surface area contributed by atoms with E-state index < -0.39 is 9.49 Å². The number of ketones is 2. The highest BCUT2D eigenvalue weighted by atomic mass is 32.2. The maximum absolute atomic E-state index is 12.8. The molecule has 2 atom stereocenters. The molecule has 0 N–H and O–H groups in total. The van der Waals surface area contributed by atoms with Gasteiger partial charge in [-0.25, -0.2) is 0 Å². The van der Waals surface area contributed by atoms with Gasteiger partial charge in [-0.05, 0) is 62.4 Å². The maximum Gasteiger partial charge on any atom is 0.193 e. The van der Waals surface area contributed by atoms with Crippen molar-refractivity contribution in [2.45, 2.75) is 19.3 Å². The van der Waals surface area contributed by atoms with Gasteiger partial charge >= 0.3 is 0 Å². The first kappa shape index (κ1) is 26.0. The number of carbonyl (C=O) groups excluding carboxylic acids is 2. The third-order valence-electron chi connectivity index (χ3n) is 6.46. The quantitative estimate of drug-likeness (QED) is 0.215. The van der Waals surface area contributed by atoms with Gasteiger partial charge in [-0.1, -0.05) is 85.0 Å². The fourth-order valence-electron chi connectivity index (χ4n) is 4.23. The summed E-state index contributed by atoms with van der Waals surface area (Å²) < 4.78 is -1.20. The Bertz CT molecular complexity index is 1370. The number of allylic oxidation sites excluding steroid dienone is 2. The second-order valence-electron chi connectivity index (χ2n) is 9.14. The predicted molar refractivity (Wildman–Crippen MR) is 159 cm³/mol. The third kappa shape index (κ3) is 5.47. The molecule has 1 aliphatic rings. The van der Waals surface area contributed by atoms with Crippen LogP contribution in [0.15, 0.2) is 143 Å². The van der Waals surface area contributed by atoms with Crippen LogP contribution < -0.4 is 0 Å². The monoisotopic (exact) mass is 530 g/mol. The van der Waals surface area contributed by atoms with Crippen LogP contribution in [-0.4, -0.2) is 21.1 Å². The van der Waals surface area contributed by atoms with E-state index in [1.54, 1.807) is 23.5 Å². The maximum atomic E-state index is 12.8. The molecule has 0 aromatic heterocycles. The molecule has 0 fully saturated rings. The highest BCUT2D eigenvalue weighted by Crippen LogP contribution is 2.52. The molecule has 0 saturated heterocycles. The molecule has 0 aliphatic heterocycles. The van der Waals surface area contributed by atoms with Gasteiger partial charge in [0, 0.05) is 32.0 Å². The average Bonchev–Trinajstić information content (AvgIpc) is 2.96. The summed E-state index contributed by atoms with van der Waals surface area (Å²) in [6, 6.07) is 33.9. The van der Waals surface area contributed by atoms with Crippen LogP contribution in [0.25, 0.3) is 0 Å². The number of carbonyl (C=O) groups is 2. The van der Waals surface area contributed by atoms with Gasteiger partial charge in [0.05, 0.1) is 9.49 Å². The van der Waals surface area contributed by atoms with E-state index in [0.717, 1.165) is 9.79 Å². The Morgan fingerprint density at radius 3 is 1.13 bits per heavy atom. The summed E-state index contributed by atoms with van der Waals surface area (Å²) in [4.78, 5) is 27.6. The molecule has 4 aromatic carbocycles. The minimum atomic E-state index is -0.601. The smallest absolute Gasteiger partial charge is 0.193 e. The Hall–Kier alpha value is -3.60. The lowest BCUT2D eigenvalue weighted by molar-refractivity contribution is 0.103. The molecule has 4 aromatic rings. The first-order chi connectivity index (χ1) is 18.4. The van der Waals surface area contributed by atoms with Gasteiger partial charge in [0.1, 0.15) is 0 Å². The van der Waals surface area contributed by atoms with E-state index in [9.17, 15) is 9.59 Å². The molecular formula is C34H26O2S2. The average molecular weight is 531 g/mol. The largest absolute Gasteiger partial charge is 0.289 e.